The van der Waals surface area contributed by atoms with Gasteiger partial charge in [-0.1, -0.05) is 6.07 Å². The maximum absolute atomic E-state index is 11.9. The quantitative estimate of drug-likeness (QED) is 0.810. The molecule has 5 nitrogen and oxygen atoms in total. The van der Waals surface area contributed by atoms with E-state index in [1.54, 1.807) is 11.8 Å². The maximum atomic E-state index is 11.9. The van der Waals surface area contributed by atoms with Crippen molar-refractivity contribution in [1.82, 2.24) is 4.90 Å². The summed E-state index contributed by atoms with van der Waals surface area (Å²) in [5, 5.41) is 11.8. The molecular weight excluding hydrogens is 312 g/mol. The molecule has 1 aliphatic rings. The first-order chi connectivity index (χ1) is 9.58. The number of anilines is 1. The number of likely N-dealkylation sites (tertiary alicyclic amines) is 1. The summed E-state index contributed by atoms with van der Waals surface area (Å²) in [4.78, 5) is 25.8. The molecule has 1 unspecified atom stereocenters. The van der Waals surface area contributed by atoms with E-state index in [9.17, 15) is 9.59 Å². The van der Waals surface area contributed by atoms with Gasteiger partial charge >= 0.3 is 5.97 Å². The Balaban J connectivity index is 0.00000220. The van der Waals surface area contributed by atoms with Gasteiger partial charge in [-0.3, -0.25) is 14.5 Å². The molecule has 1 aromatic carbocycles. The van der Waals surface area contributed by atoms with Gasteiger partial charge in [-0.15, -0.1) is 24.2 Å². The Hall–Kier alpha value is -1.24. The second kappa shape index (κ2) is 8.26. The molecule has 2 rings (SSSR count). The number of carboxylic acid groups (broad SMARTS) is 1. The molecule has 1 aliphatic heterocycles. The molecule has 0 bridgehead atoms. The van der Waals surface area contributed by atoms with Crippen molar-refractivity contribution in [2.24, 2.45) is 5.92 Å². The lowest BCUT2D eigenvalue weighted by Crippen LogP contribution is -2.32. The van der Waals surface area contributed by atoms with Crippen LogP contribution in [-0.4, -0.2) is 47.8 Å². The SMILES string of the molecule is CSc1cccc(NC(=O)CN2CCC(C(=O)O)C2)c1.Cl. The molecule has 1 amide bonds. The van der Waals surface area contributed by atoms with Gasteiger partial charge in [0.05, 0.1) is 12.5 Å². The fourth-order valence-corrected chi connectivity index (χ4v) is 2.74. The number of carboxylic acids is 1. The molecule has 1 aromatic rings. The van der Waals surface area contributed by atoms with E-state index in [0.717, 1.165) is 10.6 Å². The van der Waals surface area contributed by atoms with Gasteiger partial charge in [-0.2, -0.15) is 0 Å². The topological polar surface area (TPSA) is 69.6 Å². The summed E-state index contributed by atoms with van der Waals surface area (Å²) in [6.07, 6.45) is 2.60. The Morgan fingerprint density at radius 3 is 2.86 bits per heavy atom. The van der Waals surface area contributed by atoms with Crippen molar-refractivity contribution < 1.29 is 14.7 Å². The second-order valence-electron chi connectivity index (χ2n) is 4.84. The van der Waals surface area contributed by atoms with Crippen LogP contribution in [0, 0.1) is 5.92 Å². The number of hydrogen-bond donors (Lipinski definition) is 2. The summed E-state index contributed by atoms with van der Waals surface area (Å²) < 4.78 is 0. The normalized spacial score (nSPS) is 18.0. The van der Waals surface area contributed by atoms with E-state index in [1.165, 1.54) is 0 Å². The van der Waals surface area contributed by atoms with Crippen LogP contribution in [0.4, 0.5) is 5.69 Å². The average Bonchev–Trinajstić information content (AvgIpc) is 2.87. The van der Waals surface area contributed by atoms with Crippen molar-refractivity contribution >= 4 is 41.7 Å². The van der Waals surface area contributed by atoms with E-state index in [-0.39, 0.29) is 30.8 Å². The molecule has 21 heavy (non-hydrogen) atoms. The predicted octanol–water partition coefficient (Wildman–Crippen LogP) is 2.18. The Bertz CT molecular complexity index is 513. The largest absolute Gasteiger partial charge is 0.481 e. The van der Waals surface area contributed by atoms with Crippen LogP contribution in [0.3, 0.4) is 0 Å². The number of carbonyl (C=O) groups is 2. The number of nitrogens with zero attached hydrogens (tertiary/aromatic N) is 1. The summed E-state index contributed by atoms with van der Waals surface area (Å²) in [5.74, 6) is -1.22. The van der Waals surface area contributed by atoms with E-state index in [4.69, 9.17) is 5.11 Å². The lowest BCUT2D eigenvalue weighted by molar-refractivity contribution is -0.141. The molecule has 0 aromatic heterocycles. The molecule has 116 valence electrons. The second-order valence-corrected chi connectivity index (χ2v) is 5.72. The van der Waals surface area contributed by atoms with Crippen LogP contribution in [0.1, 0.15) is 6.42 Å². The molecule has 2 N–H and O–H groups in total. The minimum absolute atomic E-state index is 0. The van der Waals surface area contributed by atoms with Crippen LogP contribution in [0.5, 0.6) is 0 Å². The van der Waals surface area contributed by atoms with Gasteiger partial charge in [0.1, 0.15) is 0 Å². The Morgan fingerprint density at radius 1 is 1.48 bits per heavy atom. The van der Waals surface area contributed by atoms with Crippen LogP contribution in [0.25, 0.3) is 0 Å². The molecule has 7 heteroatoms. The average molecular weight is 331 g/mol. The monoisotopic (exact) mass is 330 g/mol. The van der Waals surface area contributed by atoms with Gasteiger partial charge in [0.2, 0.25) is 5.91 Å². The molecule has 0 spiro atoms. The van der Waals surface area contributed by atoms with Crippen molar-refractivity contribution in [2.75, 3.05) is 31.2 Å². The third-order valence-corrected chi connectivity index (χ3v) is 4.07. The highest BCUT2D eigenvalue weighted by Gasteiger charge is 2.28. The van der Waals surface area contributed by atoms with Crippen molar-refractivity contribution in [2.45, 2.75) is 11.3 Å². The summed E-state index contributed by atoms with van der Waals surface area (Å²) in [6.45, 7) is 1.36. The van der Waals surface area contributed by atoms with E-state index in [1.807, 2.05) is 35.4 Å². The van der Waals surface area contributed by atoms with Crippen LogP contribution in [0.2, 0.25) is 0 Å². The first kappa shape index (κ1) is 17.8. The zero-order chi connectivity index (χ0) is 14.5. The minimum atomic E-state index is -0.777. The molecule has 0 aliphatic carbocycles. The number of hydrogen-bond acceptors (Lipinski definition) is 4. The molecule has 0 radical (unpaired) electrons. The molecule has 1 heterocycles. The van der Waals surface area contributed by atoms with Crippen molar-refractivity contribution in [3.63, 3.8) is 0 Å². The van der Waals surface area contributed by atoms with E-state index < -0.39 is 5.97 Å². The molecule has 0 saturated carbocycles. The highest BCUT2D eigenvalue weighted by Crippen LogP contribution is 2.19. The lowest BCUT2D eigenvalue weighted by atomic mass is 10.1. The molecule has 1 saturated heterocycles. The van der Waals surface area contributed by atoms with Gasteiger partial charge in [0.25, 0.3) is 0 Å². The highest BCUT2D eigenvalue weighted by molar-refractivity contribution is 7.98. The number of benzene rings is 1. The van der Waals surface area contributed by atoms with Crippen LogP contribution >= 0.6 is 24.2 Å². The van der Waals surface area contributed by atoms with Gasteiger partial charge < -0.3 is 10.4 Å². The molecular formula is C14H19ClN2O3S. The van der Waals surface area contributed by atoms with Crippen LogP contribution in [0.15, 0.2) is 29.2 Å². The highest BCUT2D eigenvalue weighted by atomic mass is 35.5. The maximum Gasteiger partial charge on any atom is 0.307 e. The van der Waals surface area contributed by atoms with Gasteiger partial charge in [-0.25, -0.2) is 0 Å². The van der Waals surface area contributed by atoms with Gasteiger partial charge in [-0.05, 0) is 37.4 Å². The summed E-state index contributed by atoms with van der Waals surface area (Å²) in [6, 6.07) is 7.66. The smallest absolute Gasteiger partial charge is 0.307 e. The van der Waals surface area contributed by atoms with Gasteiger partial charge in [0, 0.05) is 17.1 Å². The summed E-state index contributed by atoms with van der Waals surface area (Å²) in [7, 11) is 0. The summed E-state index contributed by atoms with van der Waals surface area (Å²) >= 11 is 1.62. The fourth-order valence-electron chi connectivity index (χ4n) is 2.28. The Kier molecular flexibility index (Phi) is 7.01. The first-order valence-corrected chi connectivity index (χ1v) is 7.70. The van der Waals surface area contributed by atoms with Gasteiger partial charge in [0.15, 0.2) is 0 Å². The third-order valence-electron chi connectivity index (χ3n) is 3.34. The van der Waals surface area contributed by atoms with E-state index >= 15 is 0 Å². The summed E-state index contributed by atoms with van der Waals surface area (Å²) in [5.41, 5.74) is 0.774. The standard InChI is InChI=1S/C14H18N2O3S.ClH/c1-20-12-4-2-3-11(7-12)15-13(17)9-16-6-5-10(8-16)14(18)19;/h2-4,7,10H,5-6,8-9H2,1H3,(H,15,17)(H,18,19);1H. The Labute approximate surface area is 134 Å². The van der Waals surface area contributed by atoms with Crippen molar-refractivity contribution in [3.8, 4) is 0 Å². The lowest BCUT2D eigenvalue weighted by Gasteiger charge is -2.15. The third kappa shape index (κ3) is 5.22. The number of halogens is 1. The first-order valence-electron chi connectivity index (χ1n) is 6.47. The van der Waals surface area contributed by atoms with Crippen molar-refractivity contribution in [1.29, 1.82) is 0 Å². The number of nitrogens with one attached hydrogen (secondary N) is 1. The predicted molar refractivity (Wildman–Crippen MR) is 86.3 cm³/mol. The number of thioether (sulfide) groups is 1. The Morgan fingerprint density at radius 2 is 2.24 bits per heavy atom. The fraction of sp³-hybridized carbons (Fsp3) is 0.429. The van der Waals surface area contributed by atoms with Crippen LogP contribution < -0.4 is 5.32 Å². The number of aliphatic carboxylic acids is 1. The number of rotatable bonds is 5. The minimum Gasteiger partial charge on any atom is -0.481 e. The van der Waals surface area contributed by atoms with Crippen molar-refractivity contribution in [3.05, 3.63) is 24.3 Å². The molecule has 1 fully saturated rings. The molecule has 1 atom stereocenters. The zero-order valence-corrected chi connectivity index (χ0v) is 13.4. The number of amides is 1. The number of carbonyl (C=O) groups excluding carboxylic acids is 1. The van der Waals surface area contributed by atoms with E-state index in [0.29, 0.717) is 19.5 Å². The van der Waals surface area contributed by atoms with Crippen LogP contribution in [-0.2, 0) is 9.59 Å². The zero-order valence-electron chi connectivity index (χ0n) is 11.7. The van der Waals surface area contributed by atoms with E-state index in [2.05, 4.69) is 5.32 Å².